The van der Waals surface area contributed by atoms with E-state index in [0.29, 0.717) is 11.4 Å². The number of nitrogens with zero attached hydrogens (tertiary/aromatic N) is 1. The Morgan fingerprint density at radius 2 is 2.16 bits per heavy atom. The number of hydrogen-bond acceptors (Lipinski definition) is 5. The quantitative estimate of drug-likeness (QED) is 0.709. The summed E-state index contributed by atoms with van der Waals surface area (Å²) in [6.07, 6.45) is 0. The average Bonchev–Trinajstić information content (AvgIpc) is 2.41. The van der Waals surface area contributed by atoms with Gasteiger partial charge in [0.05, 0.1) is 5.56 Å². The summed E-state index contributed by atoms with van der Waals surface area (Å²) in [5.74, 6) is 1.41. The number of carboxylic acids is 1. The molecule has 1 fully saturated rings. The summed E-state index contributed by atoms with van der Waals surface area (Å²) in [6, 6.07) is 4.93. The van der Waals surface area contributed by atoms with Crippen LogP contribution in [0.25, 0.3) is 0 Å². The van der Waals surface area contributed by atoms with E-state index in [0.717, 1.165) is 26.2 Å². The second-order valence-electron chi connectivity index (χ2n) is 4.49. The fourth-order valence-corrected chi connectivity index (χ4v) is 3.05. The Balaban J connectivity index is 1.89. The lowest BCUT2D eigenvalue weighted by atomic mass is 10.1. The van der Waals surface area contributed by atoms with Gasteiger partial charge in [-0.05, 0) is 18.2 Å². The first-order valence-corrected chi connectivity index (χ1v) is 7.49. The van der Waals surface area contributed by atoms with Crippen LogP contribution in [-0.2, 0) is 0 Å². The van der Waals surface area contributed by atoms with E-state index in [2.05, 4.69) is 10.2 Å². The molecule has 1 aliphatic heterocycles. The zero-order valence-electron chi connectivity index (χ0n) is 10.8. The lowest BCUT2D eigenvalue weighted by Gasteiger charge is -2.26. The Kier molecular flexibility index (Phi) is 4.93. The molecule has 1 heterocycles. The van der Waals surface area contributed by atoms with E-state index in [1.807, 2.05) is 11.8 Å². The number of benzene rings is 1. The van der Waals surface area contributed by atoms with Gasteiger partial charge in [0.1, 0.15) is 0 Å². The van der Waals surface area contributed by atoms with Crippen LogP contribution in [0.2, 0.25) is 0 Å². The van der Waals surface area contributed by atoms with Gasteiger partial charge in [0, 0.05) is 49.1 Å². The van der Waals surface area contributed by atoms with Crippen molar-refractivity contribution in [1.29, 1.82) is 0 Å². The van der Waals surface area contributed by atoms with Gasteiger partial charge in [-0.15, -0.1) is 0 Å². The van der Waals surface area contributed by atoms with Gasteiger partial charge < -0.3 is 16.2 Å². The fourth-order valence-electron chi connectivity index (χ4n) is 2.07. The van der Waals surface area contributed by atoms with Gasteiger partial charge in [0.25, 0.3) is 0 Å². The van der Waals surface area contributed by atoms with Crippen LogP contribution in [0.4, 0.5) is 11.4 Å². The van der Waals surface area contributed by atoms with Gasteiger partial charge in [0.15, 0.2) is 0 Å². The van der Waals surface area contributed by atoms with Gasteiger partial charge in [-0.2, -0.15) is 11.8 Å². The van der Waals surface area contributed by atoms with Gasteiger partial charge in [-0.3, -0.25) is 4.90 Å². The van der Waals surface area contributed by atoms with Crippen LogP contribution < -0.4 is 11.1 Å². The lowest BCUT2D eigenvalue weighted by molar-refractivity contribution is 0.0698. The molecule has 0 amide bonds. The van der Waals surface area contributed by atoms with E-state index < -0.39 is 5.97 Å². The van der Waals surface area contributed by atoms with Crippen molar-refractivity contribution in [3.05, 3.63) is 23.8 Å². The molecule has 2 rings (SSSR count). The smallest absolute Gasteiger partial charge is 0.337 e. The first-order valence-electron chi connectivity index (χ1n) is 6.33. The second kappa shape index (κ2) is 6.68. The Morgan fingerprint density at radius 3 is 2.84 bits per heavy atom. The third-order valence-electron chi connectivity index (χ3n) is 3.12. The van der Waals surface area contributed by atoms with E-state index >= 15 is 0 Å². The van der Waals surface area contributed by atoms with Crippen LogP contribution in [0.5, 0.6) is 0 Å². The average molecular weight is 281 g/mol. The third kappa shape index (κ3) is 4.04. The molecule has 1 aliphatic rings. The van der Waals surface area contributed by atoms with Crippen LogP contribution in [0, 0.1) is 0 Å². The number of carboxylic acid groups (broad SMARTS) is 1. The van der Waals surface area contributed by atoms with Gasteiger partial charge in [-0.1, -0.05) is 0 Å². The number of aromatic carboxylic acids is 1. The number of nitrogen functional groups attached to an aromatic ring is 1. The summed E-state index contributed by atoms with van der Waals surface area (Å²) in [4.78, 5) is 13.5. The molecule has 4 N–H and O–H groups in total. The highest BCUT2D eigenvalue weighted by atomic mass is 32.2. The van der Waals surface area contributed by atoms with Crippen molar-refractivity contribution in [3.8, 4) is 0 Å². The maximum absolute atomic E-state index is 11.1. The van der Waals surface area contributed by atoms with Crippen LogP contribution in [0.3, 0.4) is 0 Å². The standard InChI is InChI=1S/C13H19N3O2S/c14-10-1-2-12(11(9-10)13(17)18)15-3-4-16-5-7-19-8-6-16/h1-2,9,15H,3-8,14H2,(H,17,18). The minimum absolute atomic E-state index is 0.231. The molecule has 0 saturated carbocycles. The largest absolute Gasteiger partial charge is 0.478 e. The zero-order chi connectivity index (χ0) is 13.7. The molecule has 0 aromatic heterocycles. The Bertz CT molecular complexity index is 448. The fraction of sp³-hybridized carbons (Fsp3) is 0.462. The van der Waals surface area contributed by atoms with Crippen molar-refractivity contribution in [2.45, 2.75) is 0 Å². The summed E-state index contributed by atoms with van der Waals surface area (Å²) >= 11 is 1.98. The highest BCUT2D eigenvalue weighted by Crippen LogP contribution is 2.18. The SMILES string of the molecule is Nc1ccc(NCCN2CCSCC2)c(C(=O)O)c1. The minimum Gasteiger partial charge on any atom is -0.478 e. The highest BCUT2D eigenvalue weighted by Gasteiger charge is 2.12. The zero-order valence-corrected chi connectivity index (χ0v) is 11.6. The van der Waals surface area contributed by atoms with Crippen molar-refractivity contribution in [1.82, 2.24) is 4.90 Å². The van der Waals surface area contributed by atoms with E-state index in [-0.39, 0.29) is 5.56 Å². The molecular weight excluding hydrogens is 262 g/mol. The number of hydrogen-bond donors (Lipinski definition) is 3. The van der Waals surface area contributed by atoms with E-state index in [1.54, 1.807) is 12.1 Å². The second-order valence-corrected chi connectivity index (χ2v) is 5.72. The molecule has 0 unspecified atom stereocenters. The van der Waals surface area contributed by atoms with E-state index in [9.17, 15) is 4.79 Å². The van der Waals surface area contributed by atoms with E-state index in [4.69, 9.17) is 10.8 Å². The highest BCUT2D eigenvalue weighted by molar-refractivity contribution is 7.99. The van der Waals surface area contributed by atoms with Gasteiger partial charge in [-0.25, -0.2) is 4.79 Å². The lowest BCUT2D eigenvalue weighted by Crippen LogP contribution is -2.36. The summed E-state index contributed by atoms with van der Waals surface area (Å²) in [7, 11) is 0. The first-order chi connectivity index (χ1) is 9.16. The third-order valence-corrected chi connectivity index (χ3v) is 4.06. The molecule has 0 radical (unpaired) electrons. The molecule has 19 heavy (non-hydrogen) atoms. The number of rotatable bonds is 5. The van der Waals surface area contributed by atoms with E-state index in [1.165, 1.54) is 17.6 Å². The van der Waals surface area contributed by atoms with Gasteiger partial charge >= 0.3 is 5.97 Å². The van der Waals surface area contributed by atoms with Gasteiger partial charge in [0.2, 0.25) is 0 Å². The van der Waals surface area contributed by atoms with Crippen LogP contribution >= 0.6 is 11.8 Å². The number of carbonyl (C=O) groups is 1. The molecule has 0 spiro atoms. The van der Waals surface area contributed by atoms with Crippen LogP contribution in [0.15, 0.2) is 18.2 Å². The molecule has 0 atom stereocenters. The number of thioether (sulfide) groups is 1. The van der Waals surface area contributed by atoms with Crippen LogP contribution in [0.1, 0.15) is 10.4 Å². The summed E-state index contributed by atoms with van der Waals surface area (Å²) in [5, 5.41) is 12.3. The monoisotopic (exact) mass is 281 g/mol. The maximum Gasteiger partial charge on any atom is 0.337 e. The number of nitrogens with two attached hydrogens (primary N) is 1. The van der Waals surface area contributed by atoms with Crippen molar-refractivity contribution in [2.75, 3.05) is 48.7 Å². The first kappa shape index (κ1) is 14.0. The molecule has 0 aliphatic carbocycles. The maximum atomic E-state index is 11.1. The molecule has 0 bridgehead atoms. The number of anilines is 2. The molecular formula is C13H19N3O2S. The molecule has 5 nitrogen and oxygen atoms in total. The van der Waals surface area contributed by atoms with Crippen molar-refractivity contribution < 1.29 is 9.90 Å². The molecule has 6 heteroatoms. The Labute approximate surface area is 117 Å². The Hall–Kier alpha value is -1.40. The number of nitrogens with one attached hydrogen (secondary N) is 1. The van der Waals surface area contributed by atoms with Crippen molar-refractivity contribution >= 4 is 29.1 Å². The van der Waals surface area contributed by atoms with Crippen LogP contribution in [-0.4, -0.2) is 53.7 Å². The summed E-state index contributed by atoms with van der Waals surface area (Å²) in [6.45, 7) is 3.90. The molecule has 1 saturated heterocycles. The predicted octanol–water partition coefficient (Wildman–Crippen LogP) is 1.43. The van der Waals surface area contributed by atoms with Crippen molar-refractivity contribution in [2.24, 2.45) is 0 Å². The molecule has 1 aromatic carbocycles. The Morgan fingerprint density at radius 1 is 1.42 bits per heavy atom. The molecule has 1 aromatic rings. The topological polar surface area (TPSA) is 78.6 Å². The summed E-state index contributed by atoms with van der Waals surface area (Å²) < 4.78 is 0. The summed E-state index contributed by atoms with van der Waals surface area (Å²) in [5.41, 5.74) is 6.94. The predicted molar refractivity (Wildman–Crippen MR) is 80.1 cm³/mol. The normalized spacial score (nSPS) is 16.2. The van der Waals surface area contributed by atoms with Crippen molar-refractivity contribution in [3.63, 3.8) is 0 Å². The minimum atomic E-state index is -0.954. The molecule has 104 valence electrons.